The van der Waals surface area contributed by atoms with Gasteiger partial charge in [0.05, 0.1) is 5.71 Å². The van der Waals surface area contributed by atoms with E-state index in [1.807, 2.05) is 50.2 Å². The Kier molecular flexibility index (Phi) is 4.20. The molecule has 1 amide bonds. The fourth-order valence-electron chi connectivity index (χ4n) is 2.46. The molecule has 0 unspecified atom stereocenters. The highest BCUT2D eigenvalue weighted by Gasteiger charge is 2.05. The quantitative estimate of drug-likeness (QED) is 0.568. The van der Waals surface area contributed by atoms with E-state index in [0.717, 1.165) is 22.2 Å². The molecule has 3 heteroatoms. The molecule has 114 valence electrons. The highest BCUT2D eigenvalue weighted by molar-refractivity contribution is 6.03. The van der Waals surface area contributed by atoms with Gasteiger partial charge in [0.2, 0.25) is 0 Å². The minimum Gasteiger partial charge on any atom is -0.267 e. The molecule has 0 radical (unpaired) electrons. The van der Waals surface area contributed by atoms with Crippen LogP contribution in [0.3, 0.4) is 0 Å². The Morgan fingerprint density at radius 2 is 1.65 bits per heavy atom. The monoisotopic (exact) mass is 302 g/mol. The number of nitrogens with zero attached hydrogens (tertiary/aromatic N) is 1. The molecule has 0 saturated heterocycles. The van der Waals surface area contributed by atoms with Gasteiger partial charge in [-0.2, -0.15) is 5.10 Å². The van der Waals surface area contributed by atoms with E-state index in [1.165, 1.54) is 5.39 Å². The Balaban J connectivity index is 1.79. The molecule has 3 aromatic carbocycles. The van der Waals surface area contributed by atoms with Crippen LogP contribution in [0.4, 0.5) is 0 Å². The zero-order chi connectivity index (χ0) is 16.2. The molecule has 3 aromatic rings. The molecule has 0 atom stereocenters. The summed E-state index contributed by atoms with van der Waals surface area (Å²) < 4.78 is 0. The highest BCUT2D eigenvalue weighted by Crippen LogP contribution is 2.16. The molecule has 0 bridgehead atoms. The number of hydrogen-bond acceptors (Lipinski definition) is 2. The number of rotatable bonds is 3. The number of benzene rings is 3. The van der Waals surface area contributed by atoms with Crippen LogP contribution >= 0.6 is 0 Å². The van der Waals surface area contributed by atoms with E-state index in [1.54, 1.807) is 6.07 Å². The number of carbonyl (C=O) groups is 1. The van der Waals surface area contributed by atoms with Crippen molar-refractivity contribution in [2.24, 2.45) is 5.10 Å². The van der Waals surface area contributed by atoms with Crippen LogP contribution in [0.5, 0.6) is 0 Å². The summed E-state index contributed by atoms with van der Waals surface area (Å²) >= 11 is 0. The van der Waals surface area contributed by atoms with E-state index in [2.05, 4.69) is 34.8 Å². The van der Waals surface area contributed by atoms with Gasteiger partial charge >= 0.3 is 0 Å². The van der Waals surface area contributed by atoms with E-state index in [0.29, 0.717) is 5.56 Å². The second kappa shape index (κ2) is 6.44. The third kappa shape index (κ3) is 3.46. The highest BCUT2D eigenvalue weighted by atomic mass is 16.2. The first kappa shape index (κ1) is 15.0. The normalized spacial score (nSPS) is 11.5. The summed E-state index contributed by atoms with van der Waals surface area (Å²) in [4.78, 5) is 12.1. The molecule has 0 spiro atoms. The molecular formula is C20H18N2O. The maximum Gasteiger partial charge on any atom is 0.271 e. The van der Waals surface area contributed by atoms with Gasteiger partial charge < -0.3 is 0 Å². The van der Waals surface area contributed by atoms with Crippen molar-refractivity contribution in [1.29, 1.82) is 0 Å². The van der Waals surface area contributed by atoms with Crippen LogP contribution in [0.25, 0.3) is 10.8 Å². The summed E-state index contributed by atoms with van der Waals surface area (Å²) in [6, 6.07) is 21.8. The Labute approximate surface area is 135 Å². The number of fused-ring (bicyclic) bond motifs is 1. The molecule has 23 heavy (non-hydrogen) atoms. The fourth-order valence-corrected chi connectivity index (χ4v) is 2.46. The summed E-state index contributed by atoms with van der Waals surface area (Å²) in [6.07, 6.45) is 0. The average Bonchev–Trinajstić information content (AvgIpc) is 2.59. The van der Waals surface area contributed by atoms with Crippen LogP contribution in [0.15, 0.2) is 71.8 Å². The first-order valence-corrected chi connectivity index (χ1v) is 7.54. The topological polar surface area (TPSA) is 41.5 Å². The van der Waals surface area contributed by atoms with Crippen molar-refractivity contribution in [3.63, 3.8) is 0 Å². The lowest BCUT2D eigenvalue weighted by molar-refractivity contribution is 0.0954. The van der Waals surface area contributed by atoms with Crippen LogP contribution in [-0.2, 0) is 0 Å². The number of hydrogen-bond donors (Lipinski definition) is 1. The van der Waals surface area contributed by atoms with Crippen LogP contribution in [0.2, 0.25) is 0 Å². The molecule has 1 N–H and O–H groups in total. The summed E-state index contributed by atoms with van der Waals surface area (Å²) in [5.74, 6) is -0.200. The van der Waals surface area contributed by atoms with Crippen LogP contribution < -0.4 is 5.43 Å². The number of hydrazone groups is 1. The van der Waals surface area contributed by atoms with Gasteiger partial charge in [0.15, 0.2) is 0 Å². The minimum absolute atomic E-state index is 0.200. The lowest BCUT2D eigenvalue weighted by Crippen LogP contribution is -2.19. The molecule has 3 nitrogen and oxygen atoms in total. The Hall–Kier alpha value is -2.94. The lowest BCUT2D eigenvalue weighted by atomic mass is 10.0. The van der Waals surface area contributed by atoms with Crippen molar-refractivity contribution < 1.29 is 4.79 Å². The number of carbonyl (C=O) groups excluding carboxylic acids is 1. The molecule has 0 aliphatic rings. The van der Waals surface area contributed by atoms with Crippen molar-refractivity contribution in [2.75, 3.05) is 0 Å². The molecule has 0 aromatic heterocycles. The summed E-state index contributed by atoms with van der Waals surface area (Å²) in [5.41, 5.74) is 6.05. The molecule has 3 rings (SSSR count). The molecule has 0 aliphatic carbocycles. The predicted octanol–water partition coefficient (Wildman–Crippen LogP) is 4.30. The molecule has 0 heterocycles. The van der Waals surface area contributed by atoms with Gasteiger partial charge in [-0.3, -0.25) is 4.79 Å². The molecule has 0 aliphatic heterocycles. The fraction of sp³-hybridized carbons (Fsp3) is 0.100. The number of nitrogens with one attached hydrogen (secondary N) is 1. The largest absolute Gasteiger partial charge is 0.271 e. The van der Waals surface area contributed by atoms with Gasteiger partial charge in [-0.25, -0.2) is 5.43 Å². The second-order valence-corrected chi connectivity index (χ2v) is 5.57. The number of aryl methyl sites for hydroxylation is 1. The maximum absolute atomic E-state index is 12.1. The standard InChI is InChI=1S/C20H18N2O/c1-14-6-5-9-19(12-14)20(23)22-21-15(2)17-11-10-16-7-3-4-8-18(16)13-17/h3-13H,1-2H3,(H,22,23)/b21-15+. The van der Waals surface area contributed by atoms with E-state index in [-0.39, 0.29) is 5.91 Å². The molecule has 0 saturated carbocycles. The minimum atomic E-state index is -0.200. The Morgan fingerprint density at radius 1 is 0.870 bits per heavy atom. The van der Waals surface area contributed by atoms with Crippen LogP contribution in [0, 0.1) is 6.92 Å². The maximum atomic E-state index is 12.1. The zero-order valence-electron chi connectivity index (χ0n) is 13.2. The average molecular weight is 302 g/mol. The summed E-state index contributed by atoms with van der Waals surface area (Å²) in [6.45, 7) is 3.85. The van der Waals surface area contributed by atoms with Gasteiger partial charge in [0.25, 0.3) is 5.91 Å². The van der Waals surface area contributed by atoms with Gasteiger partial charge in [-0.05, 0) is 48.4 Å². The third-order valence-corrected chi connectivity index (χ3v) is 3.77. The van der Waals surface area contributed by atoms with E-state index in [4.69, 9.17) is 0 Å². The van der Waals surface area contributed by atoms with Gasteiger partial charge in [-0.1, -0.05) is 54.1 Å². The predicted molar refractivity (Wildman–Crippen MR) is 94.8 cm³/mol. The van der Waals surface area contributed by atoms with Gasteiger partial charge in [-0.15, -0.1) is 0 Å². The molecular weight excluding hydrogens is 284 g/mol. The van der Waals surface area contributed by atoms with E-state index < -0.39 is 0 Å². The van der Waals surface area contributed by atoms with Gasteiger partial charge in [0.1, 0.15) is 0 Å². The van der Waals surface area contributed by atoms with Crippen LogP contribution in [0.1, 0.15) is 28.4 Å². The van der Waals surface area contributed by atoms with Crippen molar-refractivity contribution in [1.82, 2.24) is 5.43 Å². The van der Waals surface area contributed by atoms with Crippen LogP contribution in [-0.4, -0.2) is 11.6 Å². The Bertz CT molecular complexity index is 897. The summed E-state index contributed by atoms with van der Waals surface area (Å²) in [7, 11) is 0. The molecule has 0 fully saturated rings. The third-order valence-electron chi connectivity index (χ3n) is 3.77. The number of amides is 1. The Morgan fingerprint density at radius 3 is 2.43 bits per heavy atom. The van der Waals surface area contributed by atoms with Crippen molar-refractivity contribution in [2.45, 2.75) is 13.8 Å². The van der Waals surface area contributed by atoms with E-state index >= 15 is 0 Å². The SMILES string of the molecule is C/C(=N\NC(=O)c1cccc(C)c1)c1ccc2ccccc2c1. The van der Waals surface area contributed by atoms with Crippen molar-refractivity contribution >= 4 is 22.4 Å². The van der Waals surface area contributed by atoms with Gasteiger partial charge in [0, 0.05) is 5.56 Å². The second-order valence-electron chi connectivity index (χ2n) is 5.57. The first-order valence-electron chi connectivity index (χ1n) is 7.54. The summed E-state index contributed by atoms with van der Waals surface area (Å²) in [5, 5.41) is 6.57. The zero-order valence-corrected chi connectivity index (χ0v) is 13.2. The smallest absolute Gasteiger partial charge is 0.267 e. The first-order chi connectivity index (χ1) is 11.1. The lowest BCUT2D eigenvalue weighted by Gasteiger charge is -2.05. The van der Waals surface area contributed by atoms with E-state index in [9.17, 15) is 4.79 Å². The van der Waals surface area contributed by atoms with Crippen molar-refractivity contribution in [3.8, 4) is 0 Å². The van der Waals surface area contributed by atoms with Crippen molar-refractivity contribution in [3.05, 3.63) is 83.4 Å².